The van der Waals surface area contributed by atoms with E-state index >= 15 is 0 Å². The summed E-state index contributed by atoms with van der Waals surface area (Å²) in [5, 5.41) is 18.9. The number of benzene rings is 2. The predicted molar refractivity (Wildman–Crippen MR) is 82.1 cm³/mol. The number of hydrogen-bond acceptors (Lipinski definition) is 2. The van der Waals surface area contributed by atoms with Gasteiger partial charge in [-0.05, 0) is 48.2 Å². The number of allylic oxidation sites excluding steroid dienone is 1. The first-order valence-corrected chi connectivity index (χ1v) is 6.76. The van der Waals surface area contributed by atoms with Crippen molar-refractivity contribution in [1.82, 2.24) is 0 Å². The number of phenolic OH excluding ortho intramolecular Hbond substituents is 2. The second-order valence-electron chi connectivity index (χ2n) is 5.25. The Morgan fingerprint density at radius 1 is 0.900 bits per heavy atom. The van der Waals surface area contributed by atoms with Gasteiger partial charge < -0.3 is 10.2 Å². The standard InChI is InChI=1S/C18H20O2/c1-3-4-13-18(2,14-5-9-16(19)10-6-14)15-7-11-17(20)12-8-15/h3,5-12,19-20H,1,4,13H2,2H3. The molecular weight excluding hydrogens is 248 g/mol. The summed E-state index contributed by atoms with van der Waals surface area (Å²) in [6.45, 7) is 5.98. The minimum Gasteiger partial charge on any atom is -0.508 e. The molecule has 2 heteroatoms. The Morgan fingerprint density at radius 3 is 1.65 bits per heavy atom. The lowest BCUT2D eigenvalue weighted by molar-refractivity contribution is 0.471. The molecule has 0 aliphatic rings. The fourth-order valence-corrected chi connectivity index (χ4v) is 2.50. The third kappa shape index (κ3) is 2.85. The highest BCUT2D eigenvalue weighted by Gasteiger charge is 2.28. The van der Waals surface area contributed by atoms with Gasteiger partial charge in [0.1, 0.15) is 11.5 Å². The van der Waals surface area contributed by atoms with E-state index in [4.69, 9.17) is 0 Å². The molecule has 2 rings (SSSR count). The molecule has 0 aromatic heterocycles. The third-order valence-corrected chi connectivity index (χ3v) is 3.86. The van der Waals surface area contributed by atoms with Gasteiger partial charge in [-0.25, -0.2) is 0 Å². The molecule has 2 nitrogen and oxygen atoms in total. The quantitative estimate of drug-likeness (QED) is 0.790. The van der Waals surface area contributed by atoms with Crippen LogP contribution in [0.25, 0.3) is 0 Å². The van der Waals surface area contributed by atoms with Crippen LogP contribution in [-0.2, 0) is 5.41 Å². The van der Waals surface area contributed by atoms with Crippen LogP contribution in [-0.4, -0.2) is 10.2 Å². The number of hydrogen-bond donors (Lipinski definition) is 2. The van der Waals surface area contributed by atoms with Gasteiger partial charge >= 0.3 is 0 Å². The van der Waals surface area contributed by atoms with E-state index in [-0.39, 0.29) is 16.9 Å². The first-order valence-electron chi connectivity index (χ1n) is 6.76. The van der Waals surface area contributed by atoms with E-state index in [2.05, 4.69) is 13.5 Å². The van der Waals surface area contributed by atoms with Crippen LogP contribution in [0.2, 0.25) is 0 Å². The van der Waals surface area contributed by atoms with Crippen LogP contribution in [0.15, 0.2) is 61.2 Å². The summed E-state index contributed by atoms with van der Waals surface area (Å²) in [6, 6.07) is 14.6. The van der Waals surface area contributed by atoms with Crippen molar-refractivity contribution in [3.05, 3.63) is 72.3 Å². The van der Waals surface area contributed by atoms with Crippen molar-refractivity contribution < 1.29 is 10.2 Å². The molecule has 104 valence electrons. The van der Waals surface area contributed by atoms with Crippen LogP contribution in [0, 0.1) is 0 Å². The van der Waals surface area contributed by atoms with Crippen LogP contribution in [0.4, 0.5) is 0 Å². The monoisotopic (exact) mass is 268 g/mol. The molecule has 0 saturated heterocycles. The number of aromatic hydroxyl groups is 2. The van der Waals surface area contributed by atoms with Gasteiger partial charge in [0.05, 0.1) is 0 Å². The summed E-state index contributed by atoms with van der Waals surface area (Å²) in [6.07, 6.45) is 3.74. The average molecular weight is 268 g/mol. The van der Waals surface area contributed by atoms with Gasteiger partial charge in [0, 0.05) is 5.41 Å². The minimum absolute atomic E-state index is 0.171. The molecule has 2 aromatic carbocycles. The smallest absolute Gasteiger partial charge is 0.115 e. The molecule has 0 aliphatic carbocycles. The molecule has 0 spiro atoms. The molecule has 20 heavy (non-hydrogen) atoms. The average Bonchev–Trinajstić information content (AvgIpc) is 2.46. The van der Waals surface area contributed by atoms with Crippen LogP contribution in [0.5, 0.6) is 11.5 Å². The fraction of sp³-hybridized carbons (Fsp3) is 0.222. The van der Waals surface area contributed by atoms with Gasteiger partial charge in [-0.3, -0.25) is 0 Å². The van der Waals surface area contributed by atoms with Gasteiger partial charge in [-0.1, -0.05) is 37.3 Å². The molecule has 0 bridgehead atoms. The minimum atomic E-state index is -0.171. The summed E-state index contributed by atoms with van der Waals surface area (Å²) in [4.78, 5) is 0. The summed E-state index contributed by atoms with van der Waals surface area (Å²) in [7, 11) is 0. The van der Waals surface area contributed by atoms with Gasteiger partial charge in [0.15, 0.2) is 0 Å². The Labute approximate surface area is 120 Å². The molecule has 2 aromatic rings. The number of rotatable bonds is 5. The first-order chi connectivity index (χ1) is 9.56. The van der Waals surface area contributed by atoms with Crippen LogP contribution >= 0.6 is 0 Å². The molecule has 0 heterocycles. The van der Waals surface area contributed by atoms with Crippen LogP contribution in [0.1, 0.15) is 30.9 Å². The predicted octanol–water partition coefficient (Wildman–Crippen LogP) is 4.37. The Kier molecular flexibility index (Phi) is 4.14. The van der Waals surface area contributed by atoms with E-state index in [1.54, 1.807) is 24.3 Å². The topological polar surface area (TPSA) is 40.5 Å². The molecule has 0 atom stereocenters. The van der Waals surface area contributed by atoms with Crippen molar-refractivity contribution in [2.75, 3.05) is 0 Å². The zero-order valence-electron chi connectivity index (χ0n) is 11.7. The molecule has 0 radical (unpaired) electrons. The zero-order valence-corrected chi connectivity index (χ0v) is 11.7. The fourth-order valence-electron chi connectivity index (χ4n) is 2.50. The van der Waals surface area contributed by atoms with Crippen LogP contribution < -0.4 is 0 Å². The lowest BCUT2D eigenvalue weighted by Gasteiger charge is -2.31. The maximum Gasteiger partial charge on any atom is 0.115 e. The summed E-state index contributed by atoms with van der Waals surface area (Å²) in [5.74, 6) is 0.538. The highest BCUT2D eigenvalue weighted by molar-refractivity contribution is 5.42. The van der Waals surface area contributed by atoms with E-state index in [0.29, 0.717) is 0 Å². The SMILES string of the molecule is C=CCCC(C)(c1ccc(O)cc1)c1ccc(O)cc1. The Morgan fingerprint density at radius 2 is 1.30 bits per heavy atom. The largest absolute Gasteiger partial charge is 0.508 e. The molecule has 0 amide bonds. The molecule has 0 fully saturated rings. The van der Waals surface area contributed by atoms with E-state index in [1.165, 1.54) is 0 Å². The van der Waals surface area contributed by atoms with Crippen LogP contribution in [0.3, 0.4) is 0 Å². The van der Waals surface area contributed by atoms with Crippen molar-refractivity contribution in [2.45, 2.75) is 25.2 Å². The highest BCUT2D eigenvalue weighted by Crippen LogP contribution is 2.37. The van der Waals surface area contributed by atoms with Crippen molar-refractivity contribution in [3.8, 4) is 11.5 Å². The van der Waals surface area contributed by atoms with E-state index in [9.17, 15) is 10.2 Å². The second-order valence-corrected chi connectivity index (χ2v) is 5.25. The highest BCUT2D eigenvalue weighted by atomic mass is 16.3. The Hall–Kier alpha value is -2.22. The maximum absolute atomic E-state index is 9.46. The maximum atomic E-state index is 9.46. The van der Waals surface area contributed by atoms with Crippen molar-refractivity contribution in [1.29, 1.82) is 0 Å². The Bertz CT molecular complexity index is 522. The van der Waals surface area contributed by atoms with E-state index in [0.717, 1.165) is 24.0 Å². The second kappa shape index (κ2) is 5.83. The Balaban J connectivity index is 2.46. The normalized spacial score (nSPS) is 11.2. The van der Waals surface area contributed by atoms with E-state index < -0.39 is 0 Å². The lowest BCUT2D eigenvalue weighted by Crippen LogP contribution is -2.23. The van der Waals surface area contributed by atoms with Crippen molar-refractivity contribution in [3.63, 3.8) is 0 Å². The third-order valence-electron chi connectivity index (χ3n) is 3.86. The summed E-state index contributed by atoms with van der Waals surface area (Å²) in [5.41, 5.74) is 2.11. The van der Waals surface area contributed by atoms with E-state index in [1.807, 2.05) is 30.3 Å². The first kappa shape index (κ1) is 14.2. The van der Waals surface area contributed by atoms with Gasteiger partial charge in [0.2, 0.25) is 0 Å². The summed E-state index contributed by atoms with van der Waals surface area (Å²) < 4.78 is 0. The van der Waals surface area contributed by atoms with Gasteiger partial charge in [-0.15, -0.1) is 6.58 Å². The summed E-state index contributed by atoms with van der Waals surface area (Å²) >= 11 is 0. The molecule has 0 unspecified atom stereocenters. The molecular formula is C18H20O2. The molecule has 0 saturated carbocycles. The zero-order chi connectivity index (χ0) is 14.6. The molecule has 2 N–H and O–H groups in total. The lowest BCUT2D eigenvalue weighted by atomic mass is 9.73. The van der Waals surface area contributed by atoms with Gasteiger partial charge in [0.25, 0.3) is 0 Å². The number of phenols is 2. The molecule has 0 aliphatic heterocycles. The van der Waals surface area contributed by atoms with Gasteiger partial charge in [-0.2, -0.15) is 0 Å². The van der Waals surface area contributed by atoms with Crippen molar-refractivity contribution >= 4 is 0 Å². The van der Waals surface area contributed by atoms with Crippen molar-refractivity contribution in [2.24, 2.45) is 0 Å².